The lowest BCUT2D eigenvalue weighted by atomic mass is 9.94. The molecule has 17 rings (SSSR count). The Morgan fingerprint density at radius 2 is 0.910 bits per heavy atom. The highest BCUT2D eigenvalue weighted by Gasteiger charge is 2.43. The van der Waals surface area contributed by atoms with E-state index >= 15 is 0 Å². The molecule has 0 radical (unpaired) electrons. The second-order valence-corrected chi connectivity index (χ2v) is 39.5. The minimum atomic E-state index is -0.613. The second-order valence-electron chi connectivity index (χ2n) is 37.2. The summed E-state index contributed by atoms with van der Waals surface area (Å²) in [5.41, 5.74) is 8.39. The molecular weight excluding hydrogens is 1780 g/mol. The van der Waals surface area contributed by atoms with Crippen LogP contribution in [0.25, 0.3) is 46.9 Å². The molecule has 29 nitrogen and oxygen atoms in total. The lowest BCUT2D eigenvalue weighted by molar-refractivity contribution is 0.0142. The number of amides is 3. The molecule has 704 valence electrons. The number of rotatable bonds is 22. The lowest BCUT2D eigenvalue weighted by Crippen LogP contribution is -2.57. The summed E-state index contributed by atoms with van der Waals surface area (Å²) in [5.74, 6) is 3.76. The Morgan fingerprint density at radius 3 is 1.34 bits per heavy atom. The monoisotopic (exact) mass is 1890 g/mol. The normalized spacial score (nSPS) is 19.7. The number of fused-ring (bicyclic) bond motifs is 6. The van der Waals surface area contributed by atoms with Crippen molar-refractivity contribution in [1.29, 1.82) is 0 Å². The number of thioether (sulfide) groups is 1. The van der Waals surface area contributed by atoms with Crippen LogP contribution in [-0.4, -0.2) is 265 Å². The number of hydrogen-bond acceptors (Lipinski definition) is 24. The first kappa shape index (κ1) is 97.4. The van der Waals surface area contributed by atoms with E-state index < -0.39 is 23.4 Å². The van der Waals surface area contributed by atoms with Crippen LogP contribution in [0.5, 0.6) is 6.01 Å². The molecule has 1 N–H and O–H groups in total. The molecule has 0 aliphatic carbocycles. The molecular formula is C101H118Cl3N19O10S. The average Bonchev–Trinajstić information content (AvgIpc) is 0.795. The van der Waals surface area contributed by atoms with Crippen LogP contribution in [-0.2, 0) is 74.1 Å². The fourth-order valence-electron chi connectivity index (χ4n) is 18.2. The van der Waals surface area contributed by atoms with Crippen molar-refractivity contribution in [2.75, 3.05) is 172 Å². The summed E-state index contributed by atoms with van der Waals surface area (Å²) in [5, 5.41) is 12.4. The quantitative estimate of drug-likeness (QED) is 0.0287. The maximum atomic E-state index is 13.2. The van der Waals surface area contributed by atoms with Crippen LogP contribution < -0.4 is 24.8 Å². The van der Waals surface area contributed by atoms with E-state index in [1.807, 2.05) is 141 Å². The van der Waals surface area contributed by atoms with Gasteiger partial charge in [-0.1, -0.05) is 168 Å². The zero-order valence-electron chi connectivity index (χ0n) is 78.1. The molecule has 3 amide bonds. The fraction of sp³-hybridized carbons (Fsp3) is 0.465. The predicted molar refractivity (Wildman–Crippen MR) is 526 cm³/mol. The summed E-state index contributed by atoms with van der Waals surface area (Å²) in [6, 6.07) is 45.6. The number of likely N-dealkylation sites (N-methyl/N-ethyl adjacent to an activating group) is 2. The van der Waals surface area contributed by atoms with E-state index in [-0.39, 0.29) is 68.8 Å². The summed E-state index contributed by atoms with van der Waals surface area (Å²) in [6.45, 7) is 43.8. The summed E-state index contributed by atoms with van der Waals surface area (Å²) < 4.78 is 42.9. The molecule has 4 fully saturated rings. The van der Waals surface area contributed by atoms with Crippen LogP contribution >= 0.6 is 46.6 Å². The van der Waals surface area contributed by atoms with Crippen LogP contribution in [0.3, 0.4) is 0 Å². The molecule has 4 saturated heterocycles. The predicted octanol–water partition coefficient (Wildman–Crippen LogP) is 17.8. The van der Waals surface area contributed by atoms with Gasteiger partial charge in [0.1, 0.15) is 60.0 Å². The number of carbonyl (C=O) groups excluding carboxylic acids is 3. The number of hydrogen-bond donors (Lipinski definition) is 1. The molecule has 0 spiro atoms. The number of piperazine rings is 3. The molecule has 3 aromatic heterocycles. The van der Waals surface area contributed by atoms with E-state index in [9.17, 15) is 14.4 Å². The Morgan fingerprint density at radius 1 is 0.493 bits per heavy atom. The number of aromatic nitrogens is 6. The van der Waals surface area contributed by atoms with Gasteiger partial charge in [-0.3, -0.25) is 14.7 Å². The Labute approximate surface area is 804 Å². The third kappa shape index (κ3) is 23.8. The number of anilines is 4. The smallest absolute Gasteiger partial charge is 0.410 e. The highest BCUT2D eigenvalue weighted by Crippen LogP contribution is 2.45. The zero-order chi connectivity index (χ0) is 94.5. The number of nitrogens with one attached hydrogen (secondary N) is 1. The fourth-order valence-corrected chi connectivity index (χ4v) is 20.1. The molecule has 33 heteroatoms. The minimum Gasteiger partial charge on any atom is -0.462 e. The largest absolute Gasteiger partial charge is 0.462 e. The molecule has 7 aliphatic heterocycles. The summed E-state index contributed by atoms with van der Waals surface area (Å²) in [7, 11) is 10.3. The molecule has 10 aromatic rings. The van der Waals surface area contributed by atoms with Gasteiger partial charge < -0.3 is 82.4 Å². The van der Waals surface area contributed by atoms with E-state index in [1.54, 1.807) is 26.5 Å². The van der Waals surface area contributed by atoms with Crippen LogP contribution in [0.1, 0.15) is 129 Å². The van der Waals surface area contributed by atoms with Crippen molar-refractivity contribution in [3.05, 3.63) is 245 Å². The van der Waals surface area contributed by atoms with E-state index in [1.165, 1.54) is 0 Å². The van der Waals surface area contributed by atoms with Gasteiger partial charge in [0.05, 0.1) is 55.2 Å². The number of likely N-dealkylation sites (tertiary alicyclic amines) is 1. The van der Waals surface area contributed by atoms with Gasteiger partial charge in [0.25, 0.3) is 0 Å². The maximum Gasteiger partial charge on any atom is 0.410 e. The van der Waals surface area contributed by atoms with Gasteiger partial charge in [-0.05, 0) is 153 Å². The van der Waals surface area contributed by atoms with Crippen molar-refractivity contribution in [3.8, 4) is 6.01 Å². The highest BCUT2D eigenvalue weighted by atomic mass is 35.5. The van der Waals surface area contributed by atoms with Gasteiger partial charge in [0, 0.05) is 158 Å². The van der Waals surface area contributed by atoms with Crippen molar-refractivity contribution >= 4 is 121 Å². The summed E-state index contributed by atoms with van der Waals surface area (Å²) in [6.07, 6.45) is 2.07. The van der Waals surface area contributed by atoms with E-state index in [0.29, 0.717) is 144 Å². The topological polar surface area (TPSA) is 247 Å². The first-order chi connectivity index (χ1) is 64.5. The van der Waals surface area contributed by atoms with Gasteiger partial charge in [-0.15, -0.1) is 0 Å². The third-order valence-electron chi connectivity index (χ3n) is 24.9. The summed E-state index contributed by atoms with van der Waals surface area (Å²) >= 11 is 21.7. The average molecular weight is 1900 g/mol. The number of ether oxygens (including phenoxy) is 7. The van der Waals surface area contributed by atoms with Crippen molar-refractivity contribution in [1.82, 2.24) is 59.3 Å². The second kappa shape index (κ2) is 44.1. The van der Waals surface area contributed by atoms with Crippen molar-refractivity contribution in [2.24, 2.45) is 0 Å². The third-order valence-corrected chi connectivity index (χ3v) is 26.7. The van der Waals surface area contributed by atoms with Crippen molar-refractivity contribution < 1.29 is 47.5 Å². The molecule has 10 heterocycles. The zero-order valence-corrected chi connectivity index (χ0v) is 81.2. The Bertz CT molecular complexity index is 5750. The number of halogens is 3. The van der Waals surface area contributed by atoms with Crippen LogP contribution in [0.15, 0.2) is 145 Å². The van der Waals surface area contributed by atoms with Gasteiger partial charge >= 0.3 is 24.3 Å². The van der Waals surface area contributed by atoms with Crippen LogP contribution in [0, 0.1) is 19.7 Å². The maximum absolute atomic E-state index is 13.2. The standard InChI is InChI=1S/C37H39ClN6O4.C32H40ClN7O3.C32H39ClN6O3S/c1-39-20-28-21-43(17-18-44(28)37(45)48-22-25-9-4-3-5-10-25)35-30-24-46-33(29-14-6-11-26-12-7-15-31(38)34(26)29)19-32(30)40-36(41-35)47-23-27-13-8-16-42(27)2;1-32(2,3)43-31(41)40-16-15-39(19-22(40)18-34-4)29-24-20-42-27(17-26(24)36-30(37-29)35-13-14-38(5)6)23-11-7-9-21-10-8-12-25(33)28(21)23;1-32(2,3)42-31(40)39-14-13-38(19-22(39)18-34-4)29-24-20-41-27(17-26(24)35-30(36-29)43-16-15-37(5)6)23-11-7-9-21-10-8-12-25(33)28(21)23/h3-7,9-12,14-15,27-28,33H,8,13,16-24H2,2H3;7-12,22,27H,13-20H2,1-3,5-6H3,(H,35,36,37);7-12,22,27H,13-20H2,1-3,5-6H3/t27-,28+,33-;2*22-,27-/m000/s1. The van der Waals surface area contributed by atoms with Gasteiger partial charge in [0.15, 0.2) is 5.16 Å². The first-order valence-corrected chi connectivity index (χ1v) is 47.9. The Hall–Kier alpha value is -11.2. The Kier molecular flexibility index (Phi) is 32.0. The van der Waals surface area contributed by atoms with Gasteiger partial charge in [-0.25, -0.2) is 49.1 Å². The SMILES string of the molecule is [C-]#[N+]C[C@@H]1CN(c2nc(OC[C@@H]3CCCN3C)nc3c2CO[C@H](c2cccc4cccc(Cl)c24)C3)CCN1C(=O)OCc1ccccc1.[C-]#[N+]C[C@H]1CN(c2nc(NCCN(C)C)nc3c2CO[C@H](c2cccc4cccc(Cl)c24)C3)CCN1C(=O)OC(C)(C)C.[C-]#[N+]C[C@H]1CN(c2nc(SCCN(C)C)nc3c2CO[C@H](c2cccc4cccc(Cl)c24)C3)CCN1C(=O)OC(C)(C)C. The molecule has 7 aromatic carbocycles. The van der Waals surface area contributed by atoms with Crippen LogP contribution in [0.4, 0.5) is 37.8 Å². The summed E-state index contributed by atoms with van der Waals surface area (Å²) in [4.78, 5) is 98.2. The Balaban J connectivity index is 0.000000154. The van der Waals surface area contributed by atoms with Gasteiger partial charge in [-0.2, -0.15) is 15.0 Å². The lowest BCUT2D eigenvalue weighted by Gasteiger charge is -2.41. The number of nitrogens with zero attached hydrogens (tertiary/aromatic N) is 18. The molecule has 0 saturated carbocycles. The van der Waals surface area contributed by atoms with E-state index in [2.05, 4.69) is 125 Å². The van der Waals surface area contributed by atoms with Crippen molar-refractivity contribution in [3.63, 3.8) is 0 Å². The molecule has 7 aliphatic rings. The number of benzene rings is 7. The molecule has 134 heavy (non-hydrogen) atoms. The number of carbonyl (C=O) groups is 3. The van der Waals surface area contributed by atoms with E-state index in [0.717, 1.165) is 149 Å². The molecule has 0 unspecified atom stereocenters. The molecule has 0 bridgehead atoms. The van der Waals surface area contributed by atoms with Gasteiger partial charge in [0.2, 0.25) is 25.6 Å². The highest BCUT2D eigenvalue weighted by molar-refractivity contribution is 7.99. The van der Waals surface area contributed by atoms with Crippen LogP contribution in [0.2, 0.25) is 15.1 Å². The van der Waals surface area contributed by atoms with E-state index in [4.69, 9.17) is 118 Å². The minimum absolute atomic E-state index is 0.155. The molecule has 7 atom stereocenters. The first-order valence-electron chi connectivity index (χ1n) is 45.8. The van der Waals surface area contributed by atoms with Crippen molar-refractivity contribution in [2.45, 2.75) is 159 Å².